The van der Waals surface area contributed by atoms with E-state index in [-0.39, 0.29) is 0 Å². The number of unbranched alkanes of at least 4 members (excludes halogenated alkanes) is 2. The number of nitrogens with zero attached hydrogens (tertiary/aromatic N) is 3. The Morgan fingerprint density at radius 1 is 1.31 bits per heavy atom. The zero-order valence-corrected chi connectivity index (χ0v) is 9.39. The highest BCUT2D eigenvalue weighted by atomic mass is 16.1. The molecule has 1 aromatic carbocycles. The Kier molecular flexibility index (Phi) is 5.09. The van der Waals surface area contributed by atoms with Gasteiger partial charge in [0.2, 0.25) is 5.91 Å². The maximum Gasteiger partial charge on any atom is 0.249 e. The van der Waals surface area contributed by atoms with E-state index in [0.29, 0.717) is 5.56 Å². The molecule has 1 amide bonds. The number of amides is 1. The second-order valence-electron chi connectivity index (χ2n) is 3.65. The summed E-state index contributed by atoms with van der Waals surface area (Å²) >= 11 is 0. The minimum absolute atomic E-state index is 0.442. The summed E-state index contributed by atoms with van der Waals surface area (Å²) in [6.45, 7) is 2.17. The number of carbonyl (C=O) groups excluding carboxylic acids is 1. The normalized spacial score (nSPS) is 9.56. The van der Waals surface area contributed by atoms with Crippen molar-refractivity contribution in [2.24, 2.45) is 5.11 Å². The molecule has 0 radical (unpaired) electrons. The summed E-state index contributed by atoms with van der Waals surface area (Å²) in [6, 6.07) is 7.24. The van der Waals surface area contributed by atoms with Gasteiger partial charge >= 0.3 is 0 Å². The topological polar surface area (TPSA) is 65.8 Å². The van der Waals surface area contributed by atoms with Gasteiger partial charge in [-0.15, -0.1) is 0 Å². The molecule has 0 aliphatic heterocycles. The van der Waals surface area contributed by atoms with E-state index >= 15 is 0 Å². The second kappa shape index (κ2) is 6.64. The van der Waals surface area contributed by atoms with E-state index in [9.17, 15) is 4.79 Å². The molecule has 1 rings (SSSR count). The molecule has 0 aromatic heterocycles. The lowest BCUT2D eigenvalue weighted by atomic mass is 10.1. The van der Waals surface area contributed by atoms with Gasteiger partial charge in [-0.3, -0.25) is 4.79 Å². The second-order valence-corrected chi connectivity index (χ2v) is 3.65. The van der Waals surface area contributed by atoms with Crippen molar-refractivity contribution < 1.29 is 4.79 Å². The number of rotatable bonds is 5. The Bertz CT molecular complexity index is 391. The fourth-order valence-electron chi connectivity index (χ4n) is 1.49. The average molecular weight is 217 g/mol. The maximum atomic E-state index is 11.2. The predicted octanol–water partition coefficient (Wildman–Crippen LogP) is 3.87. The molecule has 0 aliphatic carbocycles. The van der Waals surface area contributed by atoms with E-state index in [2.05, 4.69) is 16.9 Å². The lowest BCUT2D eigenvalue weighted by Gasteiger charge is -2.01. The van der Waals surface area contributed by atoms with Crippen molar-refractivity contribution in [3.8, 4) is 0 Å². The van der Waals surface area contributed by atoms with Gasteiger partial charge in [0.15, 0.2) is 0 Å². The van der Waals surface area contributed by atoms with Gasteiger partial charge < -0.3 is 0 Å². The van der Waals surface area contributed by atoms with Crippen molar-refractivity contribution in [2.45, 2.75) is 32.6 Å². The van der Waals surface area contributed by atoms with E-state index in [4.69, 9.17) is 5.53 Å². The van der Waals surface area contributed by atoms with Gasteiger partial charge in [0.1, 0.15) is 0 Å². The predicted molar refractivity (Wildman–Crippen MR) is 63.1 cm³/mol. The van der Waals surface area contributed by atoms with Crippen LogP contribution < -0.4 is 0 Å². The minimum atomic E-state index is -0.525. The van der Waals surface area contributed by atoms with Crippen LogP contribution in [0.5, 0.6) is 0 Å². The third-order valence-corrected chi connectivity index (χ3v) is 2.41. The minimum Gasteiger partial charge on any atom is -0.287 e. The highest BCUT2D eigenvalue weighted by molar-refractivity contribution is 5.94. The number of benzene rings is 1. The van der Waals surface area contributed by atoms with Crippen molar-refractivity contribution in [3.63, 3.8) is 0 Å². The fraction of sp³-hybridized carbons (Fsp3) is 0.417. The summed E-state index contributed by atoms with van der Waals surface area (Å²) in [5.74, 6) is -0.525. The maximum absolute atomic E-state index is 11.2. The highest BCUT2D eigenvalue weighted by Gasteiger charge is 2.02. The average Bonchev–Trinajstić information content (AvgIpc) is 2.30. The number of carbonyl (C=O) groups is 1. The molecule has 0 bridgehead atoms. The van der Waals surface area contributed by atoms with Crippen LogP contribution in [0, 0.1) is 0 Å². The standard InChI is InChI=1S/C12H15N3O/c1-2-3-4-5-10-6-8-11(9-7-10)12(16)14-15-13/h6-9H,2-5H2,1H3. The highest BCUT2D eigenvalue weighted by Crippen LogP contribution is 2.09. The van der Waals surface area contributed by atoms with Gasteiger partial charge in [0, 0.05) is 10.5 Å². The van der Waals surface area contributed by atoms with Crippen LogP contribution in [0.15, 0.2) is 29.4 Å². The van der Waals surface area contributed by atoms with Crippen LogP contribution in [0.1, 0.15) is 42.1 Å². The largest absolute Gasteiger partial charge is 0.287 e. The van der Waals surface area contributed by atoms with Crippen LogP contribution >= 0.6 is 0 Å². The number of hydrogen-bond donors (Lipinski definition) is 0. The zero-order valence-electron chi connectivity index (χ0n) is 9.39. The summed E-state index contributed by atoms with van der Waals surface area (Å²) in [7, 11) is 0. The van der Waals surface area contributed by atoms with E-state index in [1.807, 2.05) is 12.1 Å². The zero-order chi connectivity index (χ0) is 11.8. The van der Waals surface area contributed by atoms with Gasteiger partial charge in [-0.25, -0.2) is 0 Å². The fourth-order valence-corrected chi connectivity index (χ4v) is 1.49. The van der Waals surface area contributed by atoms with Crippen LogP contribution in [-0.2, 0) is 6.42 Å². The lowest BCUT2D eigenvalue weighted by Crippen LogP contribution is -1.94. The molecule has 1 aromatic rings. The number of hydrogen-bond acceptors (Lipinski definition) is 1. The Morgan fingerprint density at radius 3 is 2.56 bits per heavy atom. The molecule has 0 spiro atoms. The van der Waals surface area contributed by atoms with Crippen molar-refractivity contribution in [3.05, 3.63) is 45.8 Å². The van der Waals surface area contributed by atoms with Crippen molar-refractivity contribution >= 4 is 5.91 Å². The molecular weight excluding hydrogens is 202 g/mol. The van der Waals surface area contributed by atoms with Crippen LogP contribution in [0.3, 0.4) is 0 Å². The molecule has 84 valence electrons. The van der Waals surface area contributed by atoms with Crippen LogP contribution in [0.25, 0.3) is 10.4 Å². The van der Waals surface area contributed by atoms with Gasteiger partial charge in [0.25, 0.3) is 0 Å². The lowest BCUT2D eigenvalue weighted by molar-refractivity contribution is 0.100. The first-order chi connectivity index (χ1) is 7.77. The third-order valence-electron chi connectivity index (χ3n) is 2.41. The molecule has 0 aliphatic rings. The molecule has 0 N–H and O–H groups in total. The monoisotopic (exact) mass is 217 g/mol. The molecule has 0 saturated heterocycles. The molecule has 4 nitrogen and oxygen atoms in total. The van der Waals surface area contributed by atoms with Crippen LogP contribution in [-0.4, -0.2) is 5.91 Å². The molecule has 0 saturated carbocycles. The smallest absolute Gasteiger partial charge is 0.249 e. The van der Waals surface area contributed by atoms with Crippen molar-refractivity contribution in [1.82, 2.24) is 0 Å². The summed E-state index contributed by atoms with van der Waals surface area (Å²) < 4.78 is 0. The van der Waals surface area contributed by atoms with Crippen LogP contribution in [0.4, 0.5) is 0 Å². The molecule has 0 unspecified atom stereocenters. The summed E-state index contributed by atoms with van der Waals surface area (Å²) in [6.07, 6.45) is 4.62. The Labute approximate surface area is 94.9 Å². The third kappa shape index (κ3) is 3.75. The van der Waals surface area contributed by atoms with Gasteiger partial charge in [-0.2, -0.15) is 0 Å². The van der Waals surface area contributed by atoms with Gasteiger partial charge in [-0.05, 0) is 29.1 Å². The van der Waals surface area contributed by atoms with Crippen molar-refractivity contribution in [2.75, 3.05) is 0 Å². The first-order valence-electron chi connectivity index (χ1n) is 5.46. The molecule has 0 atom stereocenters. The summed E-state index contributed by atoms with van der Waals surface area (Å²) in [4.78, 5) is 13.7. The first kappa shape index (κ1) is 12.3. The Hall–Kier alpha value is -1.80. The van der Waals surface area contributed by atoms with E-state index < -0.39 is 5.91 Å². The van der Waals surface area contributed by atoms with Crippen LogP contribution in [0.2, 0.25) is 0 Å². The van der Waals surface area contributed by atoms with E-state index in [1.54, 1.807) is 12.1 Å². The Balaban J connectivity index is 2.60. The van der Waals surface area contributed by atoms with Crippen molar-refractivity contribution in [1.29, 1.82) is 0 Å². The molecule has 4 heteroatoms. The summed E-state index contributed by atoms with van der Waals surface area (Å²) in [5, 5.41) is 3.04. The number of aryl methyl sites for hydroxylation is 1. The Morgan fingerprint density at radius 2 is 2.00 bits per heavy atom. The quantitative estimate of drug-likeness (QED) is 0.319. The number of azide groups is 1. The van der Waals surface area contributed by atoms with Gasteiger partial charge in [-0.1, -0.05) is 44.0 Å². The summed E-state index contributed by atoms with van der Waals surface area (Å²) in [5.41, 5.74) is 9.79. The SMILES string of the molecule is CCCCCc1ccc(C(=O)N=[N+]=[N-])cc1. The molecule has 16 heavy (non-hydrogen) atoms. The molecule has 0 heterocycles. The molecular formula is C12H15N3O. The molecule has 0 fully saturated rings. The first-order valence-corrected chi connectivity index (χ1v) is 5.46. The van der Waals surface area contributed by atoms with E-state index in [0.717, 1.165) is 6.42 Å². The van der Waals surface area contributed by atoms with Gasteiger partial charge in [0.05, 0.1) is 0 Å². The van der Waals surface area contributed by atoms with E-state index in [1.165, 1.54) is 24.8 Å².